The van der Waals surface area contributed by atoms with Crippen molar-refractivity contribution >= 4 is 10.8 Å². The minimum Gasteiger partial charge on any atom is -0.264 e. The molecule has 2 aromatic rings. The van der Waals surface area contributed by atoms with Crippen molar-refractivity contribution in [1.82, 2.24) is 4.98 Å². The molecule has 0 N–H and O–H groups in total. The largest absolute Gasteiger partial charge is 0.264 e. The monoisotopic (exact) mass is 154 g/mol. The summed E-state index contributed by atoms with van der Waals surface area (Å²) in [7, 11) is 0. The molecule has 56 valence electrons. The van der Waals surface area contributed by atoms with Gasteiger partial charge in [0.1, 0.15) is 0 Å². The maximum absolute atomic E-state index is 8.63. The topological polar surface area (TPSA) is 36.7 Å². The molecule has 2 rings (SSSR count). The lowest BCUT2D eigenvalue weighted by Gasteiger charge is -1.94. The van der Waals surface area contributed by atoms with E-state index in [1.54, 1.807) is 18.5 Å². The molecule has 0 aliphatic rings. The molecule has 0 aliphatic heterocycles. The zero-order valence-electron chi connectivity index (χ0n) is 6.36. The van der Waals surface area contributed by atoms with E-state index in [-0.39, 0.29) is 0 Å². The quantitative estimate of drug-likeness (QED) is 0.582. The second kappa shape index (κ2) is 2.63. The van der Waals surface area contributed by atoms with Crippen LogP contribution in [0, 0.1) is 11.3 Å². The predicted octanol–water partition coefficient (Wildman–Crippen LogP) is 2.11. The number of nitriles is 1. The van der Waals surface area contributed by atoms with Gasteiger partial charge in [-0.05, 0) is 23.6 Å². The number of rotatable bonds is 0. The van der Waals surface area contributed by atoms with E-state index in [9.17, 15) is 0 Å². The number of hydrogen-bond acceptors (Lipinski definition) is 2. The maximum Gasteiger partial charge on any atom is 0.0991 e. The summed E-state index contributed by atoms with van der Waals surface area (Å²) < 4.78 is 0. The number of aromatic nitrogens is 1. The van der Waals surface area contributed by atoms with Gasteiger partial charge >= 0.3 is 0 Å². The van der Waals surface area contributed by atoms with Crippen molar-refractivity contribution in [2.75, 3.05) is 0 Å². The van der Waals surface area contributed by atoms with Gasteiger partial charge in [0.05, 0.1) is 11.6 Å². The summed E-state index contributed by atoms with van der Waals surface area (Å²) in [6.07, 6.45) is 3.51. The highest BCUT2D eigenvalue weighted by Crippen LogP contribution is 2.13. The van der Waals surface area contributed by atoms with Crippen LogP contribution in [0.4, 0.5) is 0 Å². The molecule has 2 nitrogen and oxygen atoms in total. The fourth-order valence-electron chi connectivity index (χ4n) is 1.15. The summed E-state index contributed by atoms with van der Waals surface area (Å²) in [6, 6.07) is 9.56. The molecule has 0 aliphatic carbocycles. The Hall–Kier alpha value is -1.88. The minimum atomic E-state index is 0.689. The second-order valence-electron chi connectivity index (χ2n) is 2.55. The first kappa shape index (κ1) is 6.81. The zero-order chi connectivity index (χ0) is 8.39. The van der Waals surface area contributed by atoms with Crippen molar-refractivity contribution in [3.63, 3.8) is 0 Å². The van der Waals surface area contributed by atoms with E-state index in [2.05, 4.69) is 11.1 Å². The summed E-state index contributed by atoms with van der Waals surface area (Å²) in [5.41, 5.74) is 0.689. The molecule has 0 radical (unpaired) electrons. The number of nitrogens with zero attached hydrogens (tertiary/aromatic N) is 2. The van der Waals surface area contributed by atoms with Crippen LogP contribution in [0.15, 0.2) is 36.7 Å². The average Bonchev–Trinajstić information content (AvgIpc) is 2.17. The molecule has 1 heterocycles. The van der Waals surface area contributed by atoms with Crippen LogP contribution >= 0.6 is 0 Å². The van der Waals surface area contributed by atoms with E-state index in [4.69, 9.17) is 5.26 Å². The third-order valence-electron chi connectivity index (χ3n) is 1.77. The Morgan fingerprint density at radius 3 is 2.92 bits per heavy atom. The molecule has 0 fully saturated rings. The zero-order valence-corrected chi connectivity index (χ0v) is 6.36. The lowest BCUT2D eigenvalue weighted by Crippen LogP contribution is -1.77. The van der Waals surface area contributed by atoms with Gasteiger partial charge < -0.3 is 0 Å². The third kappa shape index (κ3) is 1.02. The van der Waals surface area contributed by atoms with Crippen LogP contribution in [0.1, 0.15) is 5.56 Å². The van der Waals surface area contributed by atoms with E-state index in [0.29, 0.717) is 5.56 Å². The van der Waals surface area contributed by atoms with Crippen LogP contribution < -0.4 is 0 Å². The minimum absolute atomic E-state index is 0.689. The van der Waals surface area contributed by atoms with Gasteiger partial charge in [-0.1, -0.05) is 6.07 Å². The predicted molar refractivity (Wildman–Crippen MR) is 46.5 cm³/mol. The maximum atomic E-state index is 8.63. The molecule has 2 heteroatoms. The normalized spacial score (nSPS) is 9.58. The van der Waals surface area contributed by atoms with Gasteiger partial charge in [0, 0.05) is 17.8 Å². The van der Waals surface area contributed by atoms with Gasteiger partial charge in [-0.25, -0.2) is 0 Å². The molecule has 0 atom stereocenters. The first-order valence-corrected chi connectivity index (χ1v) is 3.64. The van der Waals surface area contributed by atoms with Crippen LogP contribution in [0.3, 0.4) is 0 Å². The molecule has 1 aromatic heterocycles. The Morgan fingerprint density at radius 2 is 2.08 bits per heavy atom. The standard InChI is InChI=1S/C10H6N2/c11-6-8-1-2-10-7-12-4-3-9(10)5-8/h1-5,7H. The summed E-state index contributed by atoms with van der Waals surface area (Å²) in [5.74, 6) is 0. The highest BCUT2D eigenvalue weighted by Gasteiger charge is 1.93. The molecule has 0 amide bonds. The fourth-order valence-corrected chi connectivity index (χ4v) is 1.15. The van der Waals surface area contributed by atoms with E-state index in [1.807, 2.05) is 18.2 Å². The van der Waals surface area contributed by atoms with Crippen molar-refractivity contribution < 1.29 is 0 Å². The number of benzene rings is 1. The number of hydrogen-bond donors (Lipinski definition) is 0. The Morgan fingerprint density at radius 1 is 1.17 bits per heavy atom. The number of pyridine rings is 1. The van der Waals surface area contributed by atoms with E-state index < -0.39 is 0 Å². The van der Waals surface area contributed by atoms with Gasteiger partial charge in [0.25, 0.3) is 0 Å². The molecule has 12 heavy (non-hydrogen) atoms. The summed E-state index contributed by atoms with van der Waals surface area (Å²) in [6.45, 7) is 0. The Labute approximate surface area is 70.1 Å². The van der Waals surface area contributed by atoms with Gasteiger partial charge in [-0.15, -0.1) is 0 Å². The van der Waals surface area contributed by atoms with Crippen LogP contribution in [0.25, 0.3) is 10.8 Å². The van der Waals surface area contributed by atoms with Gasteiger partial charge in [0.2, 0.25) is 0 Å². The molecule has 0 unspecified atom stereocenters. The van der Waals surface area contributed by atoms with Crippen molar-refractivity contribution in [1.29, 1.82) is 5.26 Å². The highest BCUT2D eigenvalue weighted by molar-refractivity contribution is 5.82. The fraction of sp³-hybridized carbons (Fsp3) is 0. The van der Waals surface area contributed by atoms with Crippen molar-refractivity contribution in [3.8, 4) is 6.07 Å². The SMILES string of the molecule is N#Cc1ccc2cnccc2c1. The Bertz CT molecular complexity index is 455. The summed E-state index contributed by atoms with van der Waals surface area (Å²) in [5, 5.41) is 10.8. The van der Waals surface area contributed by atoms with Crippen LogP contribution in [-0.2, 0) is 0 Å². The van der Waals surface area contributed by atoms with Crippen LogP contribution in [0.2, 0.25) is 0 Å². The Balaban J connectivity index is 2.78. The molecule has 0 saturated heterocycles. The Kier molecular flexibility index (Phi) is 1.49. The first-order valence-electron chi connectivity index (χ1n) is 3.64. The molecular formula is C10H6N2. The second-order valence-corrected chi connectivity index (χ2v) is 2.55. The lowest BCUT2D eigenvalue weighted by molar-refractivity contribution is 1.36. The van der Waals surface area contributed by atoms with Crippen molar-refractivity contribution in [3.05, 3.63) is 42.2 Å². The van der Waals surface area contributed by atoms with Gasteiger partial charge in [-0.3, -0.25) is 4.98 Å². The summed E-state index contributed by atoms with van der Waals surface area (Å²) in [4.78, 5) is 3.99. The average molecular weight is 154 g/mol. The van der Waals surface area contributed by atoms with Crippen LogP contribution in [-0.4, -0.2) is 4.98 Å². The van der Waals surface area contributed by atoms with Gasteiger partial charge in [-0.2, -0.15) is 5.26 Å². The van der Waals surface area contributed by atoms with Crippen molar-refractivity contribution in [2.45, 2.75) is 0 Å². The molecular weight excluding hydrogens is 148 g/mol. The molecule has 1 aromatic carbocycles. The lowest BCUT2D eigenvalue weighted by atomic mass is 10.1. The van der Waals surface area contributed by atoms with E-state index in [0.717, 1.165) is 10.8 Å². The summed E-state index contributed by atoms with van der Waals surface area (Å²) >= 11 is 0. The van der Waals surface area contributed by atoms with E-state index in [1.165, 1.54) is 0 Å². The number of fused-ring (bicyclic) bond motifs is 1. The highest BCUT2D eigenvalue weighted by atomic mass is 14.6. The van der Waals surface area contributed by atoms with Crippen molar-refractivity contribution in [2.24, 2.45) is 0 Å². The molecule has 0 bridgehead atoms. The molecule has 0 spiro atoms. The van der Waals surface area contributed by atoms with Crippen LogP contribution in [0.5, 0.6) is 0 Å². The van der Waals surface area contributed by atoms with E-state index >= 15 is 0 Å². The smallest absolute Gasteiger partial charge is 0.0991 e. The molecule has 0 saturated carbocycles. The van der Waals surface area contributed by atoms with Gasteiger partial charge in [0.15, 0.2) is 0 Å². The first-order chi connectivity index (χ1) is 5.90. The third-order valence-corrected chi connectivity index (χ3v) is 1.77.